The summed E-state index contributed by atoms with van der Waals surface area (Å²) in [5, 5.41) is 0. The van der Waals surface area contributed by atoms with Gasteiger partial charge in [0.05, 0.1) is 0 Å². The van der Waals surface area contributed by atoms with E-state index in [0.29, 0.717) is 0 Å². The molecule has 0 spiro atoms. The molecule has 0 aliphatic heterocycles. The first-order valence-corrected chi connectivity index (χ1v) is 3.60. The van der Waals surface area contributed by atoms with Crippen LogP contribution in [0.15, 0.2) is 12.4 Å². The topological polar surface area (TPSA) is 25.8 Å². The van der Waals surface area contributed by atoms with Crippen molar-refractivity contribution in [2.24, 2.45) is 0 Å². The second-order valence-electron chi connectivity index (χ2n) is 1.49. The number of nitrogens with zero attached hydrogens (tertiary/aromatic N) is 2. The van der Waals surface area contributed by atoms with E-state index in [0.717, 1.165) is 12.1 Å². The molecule has 11 heavy (non-hydrogen) atoms. The molecule has 0 amide bonds. The van der Waals surface area contributed by atoms with Gasteiger partial charge in [-0.15, -0.1) is 12.4 Å². The van der Waals surface area contributed by atoms with Crippen molar-refractivity contribution >= 4 is 0 Å². The molecule has 0 bridgehead atoms. The molecule has 0 aliphatic carbocycles. The number of hydrogen-bond acceptors (Lipinski definition) is 2. The normalized spacial score (nSPS) is 7.18. The van der Waals surface area contributed by atoms with E-state index >= 15 is 0 Å². The zero-order valence-electron chi connectivity index (χ0n) is 7.33. The van der Waals surface area contributed by atoms with Gasteiger partial charge in [0.15, 0.2) is 0 Å². The Balaban J connectivity index is 0. The van der Waals surface area contributed by atoms with E-state index in [1.165, 1.54) is 0 Å². The van der Waals surface area contributed by atoms with E-state index < -0.39 is 0 Å². The van der Waals surface area contributed by atoms with Crippen LogP contribution in [0.4, 0.5) is 0 Å². The fourth-order valence-corrected chi connectivity index (χ4v) is 0.473. The van der Waals surface area contributed by atoms with Gasteiger partial charge in [0.2, 0.25) is 0 Å². The van der Waals surface area contributed by atoms with Crippen molar-refractivity contribution < 1.29 is 32.7 Å². The fourth-order valence-electron chi connectivity index (χ4n) is 0.473. The van der Waals surface area contributed by atoms with Crippen LogP contribution in [0.5, 0.6) is 0 Å². The molecular formula is C8H13N2Y-. The second kappa shape index (κ2) is 10.2. The maximum Gasteiger partial charge on any atom is 0 e. The van der Waals surface area contributed by atoms with Crippen molar-refractivity contribution in [1.82, 2.24) is 9.97 Å². The Bertz CT molecular complexity index is 153. The maximum atomic E-state index is 3.98. The van der Waals surface area contributed by atoms with Crippen LogP contribution in [0.3, 0.4) is 0 Å². The first-order valence-electron chi connectivity index (χ1n) is 3.60. The average Bonchev–Trinajstić information content (AvgIpc) is 2.10. The zero-order chi connectivity index (χ0) is 7.82. The summed E-state index contributed by atoms with van der Waals surface area (Å²) in [6, 6.07) is 0. The molecule has 0 fully saturated rings. The smallest absolute Gasteiger partial charge is 0 e. The molecule has 1 rings (SSSR count). The van der Waals surface area contributed by atoms with Crippen LogP contribution in [-0.2, 0) is 39.1 Å². The van der Waals surface area contributed by atoms with E-state index in [4.69, 9.17) is 0 Å². The van der Waals surface area contributed by atoms with Gasteiger partial charge < -0.3 is 4.98 Å². The van der Waals surface area contributed by atoms with Gasteiger partial charge >= 0.3 is 0 Å². The van der Waals surface area contributed by atoms with Gasteiger partial charge in [-0.05, 0) is 18.3 Å². The summed E-state index contributed by atoms with van der Waals surface area (Å²) in [6.07, 6.45) is 6.86. The molecule has 0 atom stereocenters. The third-order valence-electron chi connectivity index (χ3n) is 0.938. The largest absolute Gasteiger partial charge is 0.456 e. The van der Waals surface area contributed by atoms with Gasteiger partial charge in [0.25, 0.3) is 0 Å². The molecule has 0 aliphatic rings. The summed E-state index contributed by atoms with van der Waals surface area (Å²) in [5.74, 6) is 0. The predicted molar refractivity (Wildman–Crippen MR) is 41.6 cm³/mol. The van der Waals surface area contributed by atoms with Crippen molar-refractivity contribution in [3.05, 3.63) is 24.3 Å². The molecule has 1 aromatic heterocycles. The summed E-state index contributed by atoms with van der Waals surface area (Å²) in [7, 11) is 0. The minimum absolute atomic E-state index is 0. The first kappa shape index (κ1) is 13.8. The Labute approximate surface area is 93.7 Å². The monoisotopic (exact) mass is 226 g/mol. The van der Waals surface area contributed by atoms with Crippen molar-refractivity contribution in [3.63, 3.8) is 0 Å². The Morgan fingerprint density at radius 1 is 1.45 bits per heavy atom. The first-order chi connectivity index (χ1) is 4.93. The molecule has 0 aromatic carbocycles. The molecule has 0 saturated carbocycles. The van der Waals surface area contributed by atoms with Crippen LogP contribution in [0.2, 0.25) is 0 Å². The number of aryl methyl sites for hydroxylation is 1. The molecule has 3 heteroatoms. The summed E-state index contributed by atoms with van der Waals surface area (Å²) in [4.78, 5) is 7.75. The summed E-state index contributed by atoms with van der Waals surface area (Å²) in [5.41, 5.74) is 1.02. The van der Waals surface area contributed by atoms with Gasteiger partial charge in [-0.3, -0.25) is 4.98 Å². The predicted octanol–water partition coefficient (Wildman–Crippen LogP) is 1.86. The Hall–Kier alpha value is 0.184. The van der Waals surface area contributed by atoms with Crippen molar-refractivity contribution in [2.75, 3.05) is 0 Å². The molecular weight excluding hydrogens is 213 g/mol. The van der Waals surface area contributed by atoms with Crippen LogP contribution < -0.4 is 0 Å². The van der Waals surface area contributed by atoms with Crippen molar-refractivity contribution in [3.8, 4) is 0 Å². The van der Waals surface area contributed by atoms with Crippen LogP contribution in [0.25, 0.3) is 0 Å². The summed E-state index contributed by atoms with van der Waals surface area (Å²) >= 11 is 0. The minimum atomic E-state index is 0. The quantitative estimate of drug-likeness (QED) is 0.683. The van der Waals surface area contributed by atoms with Gasteiger partial charge in [-0.2, -0.15) is 0 Å². The molecule has 59 valence electrons. The second-order valence-corrected chi connectivity index (χ2v) is 1.49. The van der Waals surface area contributed by atoms with Crippen LogP contribution >= 0.6 is 0 Å². The van der Waals surface area contributed by atoms with Gasteiger partial charge in [-0.25, -0.2) is 0 Å². The van der Waals surface area contributed by atoms with E-state index in [-0.39, 0.29) is 32.7 Å². The molecule has 1 aromatic rings. The SMILES string of the molecule is CC.CCc1cn[c-]cn1.[Y]. The number of rotatable bonds is 1. The van der Waals surface area contributed by atoms with Crippen LogP contribution in [0.1, 0.15) is 26.5 Å². The standard InChI is InChI=1S/C6H7N2.C2H6.Y/c1-2-6-5-7-3-4-8-6;1-2;/h4-5H,2H2,1H3;1-2H3;/q-1;;. The third kappa shape index (κ3) is 6.58. The Morgan fingerprint density at radius 3 is 2.36 bits per heavy atom. The van der Waals surface area contributed by atoms with E-state index in [1.54, 1.807) is 12.4 Å². The molecule has 1 radical (unpaired) electrons. The fraction of sp³-hybridized carbons (Fsp3) is 0.500. The molecule has 0 N–H and O–H groups in total. The Morgan fingerprint density at radius 2 is 2.09 bits per heavy atom. The summed E-state index contributed by atoms with van der Waals surface area (Å²) < 4.78 is 0. The van der Waals surface area contributed by atoms with Crippen molar-refractivity contribution in [2.45, 2.75) is 27.2 Å². The maximum absolute atomic E-state index is 3.98. The third-order valence-corrected chi connectivity index (χ3v) is 0.938. The summed E-state index contributed by atoms with van der Waals surface area (Å²) in [6.45, 7) is 6.05. The van der Waals surface area contributed by atoms with E-state index in [2.05, 4.69) is 16.2 Å². The molecule has 2 nitrogen and oxygen atoms in total. The zero-order valence-corrected chi connectivity index (χ0v) is 10.2. The van der Waals surface area contributed by atoms with Crippen LogP contribution in [-0.4, -0.2) is 9.97 Å². The molecule has 0 saturated heterocycles. The number of hydrogen-bond donors (Lipinski definition) is 0. The molecule has 1 heterocycles. The number of aromatic nitrogens is 2. The Kier molecular flexibility index (Phi) is 12.7. The van der Waals surface area contributed by atoms with Crippen LogP contribution in [0, 0.1) is 6.20 Å². The van der Waals surface area contributed by atoms with Gasteiger partial charge in [0, 0.05) is 32.7 Å². The van der Waals surface area contributed by atoms with E-state index in [1.807, 2.05) is 20.8 Å². The van der Waals surface area contributed by atoms with Gasteiger partial charge in [0.1, 0.15) is 0 Å². The van der Waals surface area contributed by atoms with Gasteiger partial charge in [-0.1, -0.05) is 20.8 Å². The average molecular weight is 226 g/mol. The van der Waals surface area contributed by atoms with E-state index in [9.17, 15) is 0 Å². The van der Waals surface area contributed by atoms with Crippen molar-refractivity contribution in [1.29, 1.82) is 0 Å². The minimum Gasteiger partial charge on any atom is -0.456 e. The molecule has 0 unspecified atom stereocenters.